The summed E-state index contributed by atoms with van der Waals surface area (Å²) in [6.07, 6.45) is -1.11. The van der Waals surface area contributed by atoms with E-state index in [2.05, 4.69) is 4.90 Å². The van der Waals surface area contributed by atoms with Gasteiger partial charge in [0.25, 0.3) is 0 Å². The summed E-state index contributed by atoms with van der Waals surface area (Å²) in [6.45, 7) is 5.85. The molecule has 2 unspecified atom stereocenters. The lowest BCUT2D eigenvalue weighted by molar-refractivity contribution is -0.0769. The topological polar surface area (TPSA) is 62.2 Å². The van der Waals surface area contributed by atoms with E-state index in [1.807, 2.05) is 6.92 Å². The van der Waals surface area contributed by atoms with E-state index in [1.165, 1.54) is 0 Å². The fraction of sp³-hybridized carbons (Fsp3) is 1.00. The first kappa shape index (κ1) is 12.9. The maximum absolute atomic E-state index is 9.82. The summed E-state index contributed by atoms with van der Waals surface area (Å²) >= 11 is 0. The average Bonchev–Trinajstić information content (AvgIpc) is 2.27. The van der Waals surface area contributed by atoms with Gasteiger partial charge in [-0.15, -0.1) is 0 Å². The highest BCUT2D eigenvalue weighted by atomic mass is 16.5. The Hall–Kier alpha value is -0.200. The molecule has 0 aromatic heterocycles. The zero-order valence-corrected chi connectivity index (χ0v) is 9.26. The molecule has 1 aliphatic rings. The van der Waals surface area contributed by atoms with Crippen molar-refractivity contribution in [2.24, 2.45) is 0 Å². The Morgan fingerprint density at radius 3 is 2.60 bits per heavy atom. The van der Waals surface area contributed by atoms with Gasteiger partial charge < -0.3 is 19.7 Å². The second kappa shape index (κ2) is 7.14. The average molecular weight is 219 g/mol. The molecule has 1 aliphatic heterocycles. The highest BCUT2D eigenvalue weighted by Crippen LogP contribution is 2.04. The van der Waals surface area contributed by atoms with Crippen molar-refractivity contribution < 1.29 is 19.7 Å². The molecule has 1 heterocycles. The zero-order valence-electron chi connectivity index (χ0n) is 9.26. The smallest absolute Gasteiger partial charge is 0.108 e. The molecule has 2 atom stereocenters. The fourth-order valence-corrected chi connectivity index (χ4v) is 1.67. The molecular weight excluding hydrogens is 198 g/mol. The van der Waals surface area contributed by atoms with Crippen LogP contribution in [-0.4, -0.2) is 73.4 Å². The Bertz CT molecular complexity index is 162. The molecular formula is C10H21NO4. The zero-order chi connectivity index (χ0) is 11.1. The molecule has 0 amide bonds. The van der Waals surface area contributed by atoms with Crippen LogP contribution in [0.1, 0.15) is 6.92 Å². The second-order valence-corrected chi connectivity index (χ2v) is 3.66. The van der Waals surface area contributed by atoms with Gasteiger partial charge in [0.2, 0.25) is 0 Å². The molecule has 90 valence electrons. The van der Waals surface area contributed by atoms with Crippen LogP contribution in [0.15, 0.2) is 0 Å². The van der Waals surface area contributed by atoms with E-state index in [-0.39, 0.29) is 6.61 Å². The minimum atomic E-state index is -0.631. The summed E-state index contributed by atoms with van der Waals surface area (Å²) in [5.41, 5.74) is 0. The minimum Gasteiger partial charge on any atom is -0.394 e. The number of aliphatic hydroxyl groups excluding tert-OH is 2. The molecule has 15 heavy (non-hydrogen) atoms. The van der Waals surface area contributed by atoms with E-state index < -0.39 is 12.2 Å². The number of ether oxygens (including phenoxy) is 2. The summed E-state index contributed by atoms with van der Waals surface area (Å²) in [5.74, 6) is 0. The van der Waals surface area contributed by atoms with Crippen molar-refractivity contribution in [3.63, 3.8) is 0 Å². The Morgan fingerprint density at radius 1 is 1.40 bits per heavy atom. The van der Waals surface area contributed by atoms with Crippen molar-refractivity contribution in [2.75, 3.05) is 46.1 Å². The summed E-state index contributed by atoms with van der Waals surface area (Å²) in [7, 11) is 0. The Labute approximate surface area is 90.6 Å². The highest BCUT2D eigenvalue weighted by Gasteiger charge is 2.22. The van der Waals surface area contributed by atoms with Gasteiger partial charge >= 0.3 is 0 Å². The molecule has 1 saturated heterocycles. The van der Waals surface area contributed by atoms with Gasteiger partial charge in [0.1, 0.15) is 6.10 Å². The third-order valence-corrected chi connectivity index (χ3v) is 2.54. The van der Waals surface area contributed by atoms with Crippen LogP contribution in [0, 0.1) is 0 Å². The molecule has 0 bridgehead atoms. The summed E-state index contributed by atoms with van der Waals surface area (Å²) in [6, 6.07) is 0. The Kier molecular flexibility index (Phi) is 6.12. The standard InChI is InChI=1S/C10H21NO4/c1-2-15-10(8-12)9(13)7-11-3-5-14-6-4-11/h9-10,12-13H,2-8H2,1H3. The van der Waals surface area contributed by atoms with E-state index >= 15 is 0 Å². The molecule has 0 radical (unpaired) electrons. The minimum absolute atomic E-state index is 0.140. The van der Waals surface area contributed by atoms with Gasteiger partial charge in [0.15, 0.2) is 0 Å². The molecule has 1 fully saturated rings. The van der Waals surface area contributed by atoms with Crippen molar-refractivity contribution in [1.82, 2.24) is 4.90 Å². The number of aliphatic hydroxyl groups is 2. The number of nitrogens with zero attached hydrogens (tertiary/aromatic N) is 1. The van der Waals surface area contributed by atoms with Crippen molar-refractivity contribution in [3.8, 4) is 0 Å². The molecule has 0 aromatic carbocycles. The predicted molar refractivity (Wildman–Crippen MR) is 55.8 cm³/mol. The third-order valence-electron chi connectivity index (χ3n) is 2.54. The maximum Gasteiger partial charge on any atom is 0.108 e. The van der Waals surface area contributed by atoms with Crippen molar-refractivity contribution in [2.45, 2.75) is 19.1 Å². The first-order chi connectivity index (χ1) is 7.27. The lowest BCUT2D eigenvalue weighted by Gasteiger charge is -2.30. The molecule has 0 aliphatic carbocycles. The van der Waals surface area contributed by atoms with Crippen molar-refractivity contribution in [1.29, 1.82) is 0 Å². The maximum atomic E-state index is 9.82. The number of morpholine rings is 1. The van der Waals surface area contributed by atoms with Crippen LogP contribution in [0.5, 0.6) is 0 Å². The van der Waals surface area contributed by atoms with Crippen LogP contribution < -0.4 is 0 Å². The van der Waals surface area contributed by atoms with Crippen LogP contribution >= 0.6 is 0 Å². The van der Waals surface area contributed by atoms with Gasteiger partial charge in [-0.2, -0.15) is 0 Å². The number of hydrogen-bond acceptors (Lipinski definition) is 5. The second-order valence-electron chi connectivity index (χ2n) is 3.66. The summed E-state index contributed by atoms with van der Waals surface area (Å²) in [4.78, 5) is 2.12. The van der Waals surface area contributed by atoms with Crippen LogP contribution in [0.3, 0.4) is 0 Å². The van der Waals surface area contributed by atoms with Gasteiger partial charge in [0, 0.05) is 26.2 Å². The third kappa shape index (κ3) is 4.44. The van der Waals surface area contributed by atoms with E-state index in [0.29, 0.717) is 26.4 Å². The van der Waals surface area contributed by atoms with Gasteiger partial charge in [-0.05, 0) is 6.92 Å². The lowest BCUT2D eigenvalue weighted by Crippen LogP contribution is -2.46. The first-order valence-electron chi connectivity index (χ1n) is 5.48. The van der Waals surface area contributed by atoms with Gasteiger partial charge in [-0.3, -0.25) is 4.90 Å². The van der Waals surface area contributed by atoms with Gasteiger partial charge in [0.05, 0.1) is 25.9 Å². The van der Waals surface area contributed by atoms with E-state index in [0.717, 1.165) is 13.1 Å². The normalized spacial score (nSPS) is 22.6. The fourth-order valence-electron chi connectivity index (χ4n) is 1.67. The molecule has 0 aromatic rings. The quantitative estimate of drug-likeness (QED) is 0.605. The summed E-state index contributed by atoms with van der Waals surface area (Å²) in [5, 5.41) is 18.9. The number of hydrogen-bond donors (Lipinski definition) is 2. The molecule has 2 N–H and O–H groups in total. The van der Waals surface area contributed by atoms with E-state index in [1.54, 1.807) is 0 Å². The monoisotopic (exact) mass is 219 g/mol. The molecule has 0 saturated carbocycles. The molecule has 1 rings (SSSR count). The predicted octanol–water partition coefficient (Wildman–Crippen LogP) is -0.923. The van der Waals surface area contributed by atoms with Crippen LogP contribution in [0.4, 0.5) is 0 Å². The van der Waals surface area contributed by atoms with Gasteiger partial charge in [-0.25, -0.2) is 0 Å². The Balaban J connectivity index is 2.27. The SMILES string of the molecule is CCOC(CO)C(O)CN1CCOCC1. The van der Waals surface area contributed by atoms with E-state index in [9.17, 15) is 5.11 Å². The molecule has 0 spiro atoms. The van der Waals surface area contributed by atoms with E-state index in [4.69, 9.17) is 14.6 Å². The summed E-state index contributed by atoms with van der Waals surface area (Å²) < 4.78 is 10.4. The highest BCUT2D eigenvalue weighted by molar-refractivity contribution is 4.74. The van der Waals surface area contributed by atoms with Crippen molar-refractivity contribution in [3.05, 3.63) is 0 Å². The lowest BCUT2D eigenvalue weighted by atomic mass is 10.2. The van der Waals surface area contributed by atoms with Crippen LogP contribution in [0.2, 0.25) is 0 Å². The molecule has 5 nitrogen and oxygen atoms in total. The number of rotatable bonds is 6. The molecule has 5 heteroatoms. The van der Waals surface area contributed by atoms with Gasteiger partial charge in [-0.1, -0.05) is 0 Å². The van der Waals surface area contributed by atoms with Crippen molar-refractivity contribution >= 4 is 0 Å². The van der Waals surface area contributed by atoms with Crippen LogP contribution in [-0.2, 0) is 9.47 Å². The van der Waals surface area contributed by atoms with Crippen LogP contribution in [0.25, 0.3) is 0 Å². The Morgan fingerprint density at radius 2 is 2.07 bits per heavy atom. The largest absolute Gasteiger partial charge is 0.394 e. The first-order valence-corrected chi connectivity index (χ1v) is 5.48. The number of β-amino-alcohol motifs (C(OH)–C–C–N with tert-alkyl or cyclic N) is 1.